The summed E-state index contributed by atoms with van der Waals surface area (Å²) in [5.74, 6) is -0.0211. The molecule has 1 aliphatic heterocycles. The van der Waals surface area contributed by atoms with Crippen LogP contribution in [0.2, 0.25) is 0 Å². The van der Waals surface area contributed by atoms with Crippen molar-refractivity contribution < 1.29 is 19.1 Å². The van der Waals surface area contributed by atoms with Gasteiger partial charge < -0.3 is 19.3 Å². The number of ether oxygens (including phenoxy) is 2. The van der Waals surface area contributed by atoms with E-state index < -0.39 is 0 Å². The maximum atomic E-state index is 11.8. The van der Waals surface area contributed by atoms with Crippen molar-refractivity contribution in [3.05, 3.63) is 0 Å². The summed E-state index contributed by atoms with van der Waals surface area (Å²) in [5.41, 5.74) is 0. The Morgan fingerprint density at radius 3 is 2.17 bits per heavy atom. The van der Waals surface area contributed by atoms with Gasteiger partial charge in [-0.3, -0.25) is 4.79 Å². The Bertz CT molecular complexity index is 286. The van der Waals surface area contributed by atoms with Crippen molar-refractivity contribution in [1.82, 2.24) is 9.80 Å². The fourth-order valence-corrected chi connectivity index (χ4v) is 1.68. The van der Waals surface area contributed by atoms with E-state index >= 15 is 0 Å². The van der Waals surface area contributed by atoms with Gasteiger partial charge in [0.2, 0.25) is 5.91 Å². The van der Waals surface area contributed by atoms with Gasteiger partial charge in [0.25, 0.3) is 0 Å². The van der Waals surface area contributed by atoms with Crippen LogP contribution in [-0.2, 0) is 14.3 Å². The van der Waals surface area contributed by atoms with Gasteiger partial charge in [-0.25, -0.2) is 4.79 Å². The minimum absolute atomic E-state index is 0.0211. The SMILES string of the molecule is CCOC(=O)N1CCN(C(=O)COC(C)C)CC1. The maximum absolute atomic E-state index is 11.8. The Morgan fingerprint density at radius 1 is 1.11 bits per heavy atom. The Labute approximate surface area is 108 Å². The predicted molar refractivity (Wildman–Crippen MR) is 66.3 cm³/mol. The molecule has 1 fully saturated rings. The topological polar surface area (TPSA) is 59.1 Å². The molecular formula is C12H22N2O4. The fraction of sp³-hybridized carbons (Fsp3) is 0.833. The number of carbonyl (C=O) groups excluding carboxylic acids is 2. The summed E-state index contributed by atoms with van der Waals surface area (Å²) in [7, 11) is 0. The van der Waals surface area contributed by atoms with Crippen molar-refractivity contribution in [2.45, 2.75) is 26.9 Å². The zero-order chi connectivity index (χ0) is 13.5. The third kappa shape index (κ3) is 4.52. The number of rotatable bonds is 4. The second-order valence-electron chi connectivity index (χ2n) is 4.43. The van der Waals surface area contributed by atoms with Crippen LogP contribution in [0.15, 0.2) is 0 Å². The zero-order valence-electron chi connectivity index (χ0n) is 11.3. The van der Waals surface area contributed by atoms with E-state index in [1.165, 1.54) is 0 Å². The Morgan fingerprint density at radius 2 is 1.67 bits per heavy atom. The Kier molecular flexibility index (Phi) is 5.91. The normalized spacial score (nSPS) is 16.0. The molecule has 6 heteroatoms. The van der Waals surface area contributed by atoms with Crippen LogP contribution in [0.25, 0.3) is 0 Å². The van der Waals surface area contributed by atoms with E-state index in [0.717, 1.165) is 0 Å². The predicted octanol–water partition coefficient (Wildman–Crippen LogP) is 0.712. The highest BCUT2D eigenvalue weighted by atomic mass is 16.6. The summed E-state index contributed by atoms with van der Waals surface area (Å²) in [5, 5.41) is 0. The molecule has 0 aliphatic carbocycles. The highest BCUT2D eigenvalue weighted by Gasteiger charge is 2.24. The van der Waals surface area contributed by atoms with E-state index in [1.807, 2.05) is 13.8 Å². The van der Waals surface area contributed by atoms with Crippen LogP contribution < -0.4 is 0 Å². The average molecular weight is 258 g/mol. The van der Waals surface area contributed by atoms with Crippen molar-refractivity contribution in [1.29, 1.82) is 0 Å². The highest BCUT2D eigenvalue weighted by molar-refractivity contribution is 5.78. The molecule has 0 aromatic heterocycles. The molecule has 0 bridgehead atoms. The molecule has 0 N–H and O–H groups in total. The minimum Gasteiger partial charge on any atom is -0.450 e. The van der Waals surface area contributed by atoms with Gasteiger partial charge >= 0.3 is 6.09 Å². The maximum Gasteiger partial charge on any atom is 0.409 e. The Balaban J connectivity index is 2.30. The van der Waals surface area contributed by atoms with Gasteiger partial charge in [-0.15, -0.1) is 0 Å². The molecule has 1 rings (SSSR count). The third-order valence-electron chi connectivity index (χ3n) is 2.70. The van der Waals surface area contributed by atoms with Crippen molar-refractivity contribution in [2.24, 2.45) is 0 Å². The van der Waals surface area contributed by atoms with Gasteiger partial charge in [0.05, 0.1) is 12.7 Å². The summed E-state index contributed by atoms with van der Waals surface area (Å²) in [4.78, 5) is 26.6. The second-order valence-corrected chi connectivity index (χ2v) is 4.43. The molecule has 0 aromatic rings. The second kappa shape index (κ2) is 7.20. The summed E-state index contributed by atoms with van der Waals surface area (Å²) in [6, 6.07) is 0. The largest absolute Gasteiger partial charge is 0.450 e. The molecular weight excluding hydrogens is 236 g/mol. The molecule has 0 radical (unpaired) electrons. The quantitative estimate of drug-likeness (QED) is 0.745. The number of hydrogen-bond acceptors (Lipinski definition) is 4. The standard InChI is InChI=1S/C12H22N2O4/c1-4-17-12(16)14-7-5-13(6-8-14)11(15)9-18-10(2)3/h10H,4-9H2,1-3H3. The van der Waals surface area contributed by atoms with Crippen molar-refractivity contribution in [2.75, 3.05) is 39.4 Å². The molecule has 0 spiro atoms. The first-order valence-corrected chi connectivity index (χ1v) is 6.35. The summed E-state index contributed by atoms with van der Waals surface area (Å²) in [6.45, 7) is 8.17. The number of hydrogen-bond donors (Lipinski definition) is 0. The first-order chi connectivity index (χ1) is 8.54. The molecule has 104 valence electrons. The van der Waals surface area contributed by atoms with Crippen LogP contribution in [0.4, 0.5) is 4.79 Å². The summed E-state index contributed by atoms with van der Waals surface area (Å²) in [6.07, 6.45) is -0.252. The molecule has 18 heavy (non-hydrogen) atoms. The number of amides is 2. The van der Waals surface area contributed by atoms with E-state index in [9.17, 15) is 9.59 Å². The Hall–Kier alpha value is -1.30. The van der Waals surface area contributed by atoms with Gasteiger partial charge in [0.15, 0.2) is 0 Å². The lowest BCUT2D eigenvalue weighted by atomic mass is 10.3. The van der Waals surface area contributed by atoms with Gasteiger partial charge in [-0.2, -0.15) is 0 Å². The third-order valence-corrected chi connectivity index (χ3v) is 2.70. The van der Waals surface area contributed by atoms with E-state index in [2.05, 4.69) is 0 Å². The van der Waals surface area contributed by atoms with E-state index in [4.69, 9.17) is 9.47 Å². The lowest BCUT2D eigenvalue weighted by molar-refractivity contribution is -0.139. The van der Waals surface area contributed by atoms with Crippen molar-refractivity contribution in [3.8, 4) is 0 Å². The van der Waals surface area contributed by atoms with Gasteiger partial charge in [0, 0.05) is 26.2 Å². The summed E-state index contributed by atoms with van der Waals surface area (Å²) >= 11 is 0. The van der Waals surface area contributed by atoms with Crippen LogP contribution >= 0.6 is 0 Å². The van der Waals surface area contributed by atoms with E-state index in [-0.39, 0.29) is 24.7 Å². The van der Waals surface area contributed by atoms with Crippen LogP contribution in [0.5, 0.6) is 0 Å². The molecule has 1 heterocycles. The van der Waals surface area contributed by atoms with E-state index in [1.54, 1.807) is 16.7 Å². The van der Waals surface area contributed by atoms with Gasteiger partial charge in [0.1, 0.15) is 6.61 Å². The van der Waals surface area contributed by atoms with Crippen LogP contribution in [0.1, 0.15) is 20.8 Å². The number of nitrogens with zero attached hydrogens (tertiary/aromatic N) is 2. The van der Waals surface area contributed by atoms with Gasteiger partial charge in [-0.05, 0) is 20.8 Å². The lowest BCUT2D eigenvalue weighted by Gasteiger charge is -2.34. The number of carbonyl (C=O) groups is 2. The molecule has 1 aliphatic rings. The molecule has 0 saturated carbocycles. The van der Waals surface area contributed by atoms with Gasteiger partial charge in [-0.1, -0.05) is 0 Å². The number of piperazine rings is 1. The van der Waals surface area contributed by atoms with Crippen molar-refractivity contribution >= 4 is 12.0 Å². The average Bonchev–Trinajstić information content (AvgIpc) is 2.36. The first kappa shape index (κ1) is 14.8. The molecule has 1 saturated heterocycles. The van der Waals surface area contributed by atoms with Crippen LogP contribution in [-0.4, -0.2) is 67.3 Å². The highest BCUT2D eigenvalue weighted by Crippen LogP contribution is 2.04. The van der Waals surface area contributed by atoms with E-state index in [0.29, 0.717) is 32.8 Å². The molecule has 0 atom stereocenters. The smallest absolute Gasteiger partial charge is 0.409 e. The molecule has 2 amide bonds. The lowest BCUT2D eigenvalue weighted by Crippen LogP contribution is -2.51. The van der Waals surface area contributed by atoms with Crippen LogP contribution in [0.3, 0.4) is 0 Å². The van der Waals surface area contributed by atoms with Crippen LogP contribution in [0, 0.1) is 0 Å². The molecule has 6 nitrogen and oxygen atoms in total. The van der Waals surface area contributed by atoms with Crippen molar-refractivity contribution in [3.63, 3.8) is 0 Å². The minimum atomic E-state index is -0.303. The summed E-state index contributed by atoms with van der Waals surface area (Å²) < 4.78 is 10.2. The molecule has 0 unspecified atom stereocenters. The monoisotopic (exact) mass is 258 g/mol. The molecule has 0 aromatic carbocycles. The first-order valence-electron chi connectivity index (χ1n) is 6.35. The fourth-order valence-electron chi connectivity index (χ4n) is 1.68. The zero-order valence-corrected chi connectivity index (χ0v) is 11.3.